The van der Waals surface area contributed by atoms with E-state index in [4.69, 9.17) is 9.72 Å². The van der Waals surface area contributed by atoms with Crippen LogP contribution in [0.2, 0.25) is 0 Å². The van der Waals surface area contributed by atoms with Gasteiger partial charge in [0.25, 0.3) is 5.91 Å². The highest BCUT2D eigenvalue weighted by molar-refractivity contribution is 7.22. The van der Waals surface area contributed by atoms with Gasteiger partial charge in [-0.1, -0.05) is 17.4 Å². The van der Waals surface area contributed by atoms with Gasteiger partial charge in [0, 0.05) is 19.3 Å². The first-order valence-corrected chi connectivity index (χ1v) is 10.1. The fourth-order valence-electron chi connectivity index (χ4n) is 3.37. The van der Waals surface area contributed by atoms with Crippen molar-refractivity contribution in [2.75, 3.05) is 18.1 Å². The molecule has 7 heteroatoms. The van der Waals surface area contributed by atoms with Gasteiger partial charge in [0.2, 0.25) is 0 Å². The second-order valence-corrected chi connectivity index (χ2v) is 8.21. The lowest BCUT2D eigenvalue weighted by Gasteiger charge is -2.22. The standard InChI is InChI=1S/C20H24N4O2S/c1-12-7-8-17-18(14(12)3)21-20(27-17)24(11-15-6-5-9-26-15)19(25)16-10-13(2)23(4)22-16/h7-8,10,15H,5-6,9,11H2,1-4H3. The molecule has 1 saturated heterocycles. The maximum absolute atomic E-state index is 13.3. The molecule has 27 heavy (non-hydrogen) atoms. The number of benzene rings is 1. The highest BCUT2D eigenvalue weighted by atomic mass is 32.1. The summed E-state index contributed by atoms with van der Waals surface area (Å²) in [7, 11) is 1.85. The van der Waals surface area contributed by atoms with E-state index in [0.29, 0.717) is 17.4 Å². The van der Waals surface area contributed by atoms with Crippen LogP contribution in [0.4, 0.5) is 5.13 Å². The Kier molecular flexibility index (Phi) is 4.74. The molecule has 1 aliphatic heterocycles. The number of aryl methyl sites for hydroxylation is 4. The van der Waals surface area contributed by atoms with E-state index >= 15 is 0 Å². The molecule has 3 aromatic rings. The maximum atomic E-state index is 13.3. The second kappa shape index (κ2) is 7.05. The van der Waals surface area contributed by atoms with Gasteiger partial charge in [-0.05, 0) is 56.9 Å². The van der Waals surface area contributed by atoms with Gasteiger partial charge in [0.1, 0.15) is 0 Å². The molecule has 3 heterocycles. The highest BCUT2D eigenvalue weighted by Crippen LogP contribution is 2.33. The Balaban J connectivity index is 1.75. The topological polar surface area (TPSA) is 60.2 Å². The van der Waals surface area contributed by atoms with Crippen molar-refractivity contribution in [3.05, 3.63) is 40.7 Å². The number of ether oxygens (including phenoxy) is 1. The molecule has 6 nitrogen and oxygen atoms in total. The molecule has 1 atom stereocenters. The third-order valence-corrected chi connectivity index (χ3v) is 6.34. The number of carbonyl (C=O) groups excluding carboxylic acids is 1. The molecular weight excluding hydrogens is 360 g/mol. The Bertz CT molecular complexity index is 981. The summed E-state index contributed by atoms with van der Waals surface area (Å²) < 4.78 is 8.61. The summed E-state index contributed by atoms with van der Waals surface area (Å²) in [5.74, 6) is -0.123. The van der Waals surface area contributed by atoms with Gasteiger partial charge in [-0.2, -0.15) is 5.10 Å². The predicted molar refractivity (Wildman–Crippen MR) is 108 cm³/mol. The van der Waals surface area contributed by atoms with Crippen molar-refractivity contribution in [1.82, 2.24) is 14.8 Å². The number of amides is 1. The minimum absolute atomic E-state index is 0.0496. The van der Waals surface area contributed by atoms with E-state index in [-0.39, 0.29) is 12.0 Å². The molecule has 1 fully saturated rings. The summed E-state index contributed by atoms with van der Waals surface area (Å²) in [4.78, 5) is 19.9. The zero-order valence-corrected chi connectivity index (χ0v) is 17.0. The Labute approximate surface area is 162 Å². The SMILES string of the molecule is Cc1ccc2sc(N(CC3CCCO3)C(=O)c3cc(C)n(C)n3)nc2c1C. The van der Waals surface area contributed by atoms with E-state index in [1.54, 1.807) is 20.9 Å². The van der Waals surface area contributed by atoms with Crippen LogP contribution in [-0.2, 0) is 11.8 Å². The van der Waals surface area contributed by atoms with Gasteiger partial charge >= 0.3 is 0 Å². The largest absolute Gasteiger partial charge is 0.376 e. The van der Waals surface area contributed by atoms with Gasteiger partial charge in [-0.15, -0.1) is 0 Å². The van der Waals surface area contributed by atoms with Crippen LogP contribution < -0.4 is 4.90 Å². The van der Waals surface area contributed by atoms with Gasteiger partial charge < -0.3 is 4.74 Å². The predicted octanol–water partition coefficient (Wildman–Crippen LogP) is 3.78. The van der Waals surface area contributed by atoms with E-state index < -0.39 is 0 Å². The summed E-state index contributed by atoms with van der Waals surface area (Å²) in [6, 6.07) is 6.01. The van der Waals surface area contributed by atoms with Gasteiger partial charge in [-0.25, -0.2) is 4.98 Å². The Morgan fingerprint density at radius 1 is 1.37 bits per heavy atom. The van der Waals surface area contributed by atoms with Crippen LogP contribution in [0, 0.1) is 20.8 Å². The molecule has 0 radical (unpaired) electrons. The average molecular weight is 385 g/mol. The molecule has 1 amide bonds. The molecule has 0 bridgehead atoms. The quantitative estimate of drug-likeness (QED) is 0.687. The molecule has 142 valence electrons. The lowest BCUT2D eigenvalue weighted by Crippen LogP contribution is -2.37. The lowest BCUT2D eigenvalue weighted by molar-refractivity contribution is 0.0913. The van der Waals surface area contributed by atoms with Crippen molar-refractivity contribution < 1.29 is 9.53 Å². The Morgan fingerprint density at radius 3 is 2.85 bits per heavy atom. The van der Waals surface area contributed by atoms with Crippen LogP contribution in [-0.4, -0.2) is 39.9 Å². The minimum atomic E-state index is -0.123. The highest BCUT2D eigenvalue weighted by Gasteiger charge is 2.28. The normalized spacial score (nSPS) is 17.0. The molecule has 2 aromatic heterocycles. The number of hydrogen-bond donors (Lipinski definition) is 0. The number of fused-ring (bicyclic) bond motifs is 1. The van der Waals surface area contributed by atoms with Gasteiger partial charge in [-0.3, -0.25) is 14.4 Å². The first-order valence-electron chi connectivity index (χ1n) is 9.25. The number of aromatic nitrogens is 3. The van der Waals surface area contributed by atoms with Crippen LogP contribution in [0.5, 0.6) is 0 Å². The summed E-state index contributed by atoms with van der Waals surface area (Å²) in [5.41, 5.74) is 4.73. The molecule has 0 spiro atoms. The zero-order valence-electron chi connectivity index (χ0n) is 16.2. The molecule has 1 unspecified atom stereocenters. The first-order chi connectivity index (χ1) is 12.9. The second-order valence-electron chi connectivity index (χ2n) is 7.20. The molecule has 1 aromatic carbocycles. The van der Waals surface area contributed by atoms with Crippen LogP contribution in [0.1, 0.15) is 40.2 Å². The lowest BCUT2D eigenvalue weighted by atomic mass is 10.1. The summed E-state index contributed by atoms with van der Waals surface area (Å²) >= 11 is 1.55. The third kappa shape index (κ3) is 3.37. The molecule has 0 aliphatic carbocycles. The number of hydrogen-bond acceptors (Lipinski definition) is 5. The fraction of sp³-hybridized carbons (Fsp3) is 0.450. The van der Waals surface area contributed by atoms with Crippen LogP contribution in [0.3, 0.4) is 0 Å². The minimum Gasteiger partial charge on any atom is -0.376 e. The summed E-state index contributed by atoms with van der Waals surface area (Å²) in [5, 5.41) is 5.09. The Hall–Kier alpha value is -2.25. The summed E-state index contributed by atoms with van der Waals surface area (Å²) in [6.45, 7) is 7.37. The Morgan fingerprint density at radius 2 is 2.19 bits per heavy atom. The molecule has 0 saturated carbocycles. The van der Waals surface area contributed by atoms with E-state index in [1.807, 2.05) is 20.0 Å². The summed E-state index contributed by atoms with van der Waals surface area (Å²) in [6.07, 6.45) is 2.05. The number of nitrogens with zero attached hydrogens (tertiary/aromatic N) is 4. The van der Waals surface area contributed by atoms with Crippen molar-refractivity contribution in [3.8, 4) is 0 Å². The number of thiazole rings is 1. The molecular formula is C20H24N4O2S. The van der Waals surface area contributed by atoms with E-state index in [0.717, 1.165) is 40.9 Å². The van der Waals surface area contributed by atoms with E-state index in [1.165, 1.54) is 5.56 Å². The van der Waals surface area contributed by atoms with Crippen molar-refractivity contribution in [2.24, 2.45) is 7.05 Å². The fourth-order valence-corrected chi connectivity index (χ4v) is 4.41. The third-order valence-electron chi connectivity index (χ3n) is 5.29. The van der Waals surface area contributed by atoms with Crippen molar-refractivity contribution >= 4 is 32.6 Å². The van der Waals surface area contributed by atoms with Crippen LogP contribution in [0.15, 0.2) is 18.2 Å². The van der Waals surface area contributed by atoms with Crippen molar-refractivity contribution in [3.63, 3.8) is 0 Å². The number of carbonyl (C=O) groups is 1. The van der Waals surface area contributed by atoms with E-state index in [9.17, 15) is 4.79 Å². The number of rotatable bonds is 4. The first kappa shape index (κ1) is 18.1. The molecule has 4 rings (SSSR count). The van der Waals surface area contributed by atoms with E-state index in [2.05, 4.69) is 31.1 Å². The van der Waals surface area contributed by atoms with Gasteiger partial charge in [0.15, 0.2) is 10.8 Å². The van der Waals surface area contributed by atoms with Crippen LogP contribution in [0.25, 0.3) is 10.2 Å². The molecule has 0 N–H and O–H groups in total. The maximum Gasteiger partial charge on any atom is 0.280 e. The van der Waals surface area contributed by atoms with Crippen molar-refractivity contribution in [1.29, 1.82) is 0 Å². The smallest absolute Gasteiger partial charge is 0.280 e. The zero-order chi connectivity index (χ0) is 19.1. The monoisotopic (exact) mass is 384 g/mol. The van der Waals surface area contributed by atoms with Gasteiger partial charge in [0.05, 0.1) is 22.9 Å². The molecule has 1 aliphatic rings. The van der Waals surface area contributed by atoms with Crippen molar-refractivity contribution in [2.45, 2.75) is 39.7 Å². The number of anilines is 1. The van der Waals surface area contributed by atoms with Crippen LogP contribution >= 0.6 is 11.3 Å². The average Bonchev–Trinajstić information content (AvgIpc) is 3.37.